The van der Waals surface area contributed by atoms with Gasteiger partial charge in [0.2, 0.25) is 5.91 Å². The quantitative estimate of drug-likeness (QED) is 0.895. The van der Waals surface area contributed by atoms with E-state index in [-0.39, 0.29) is 11.8 Å². The first kappa shape index (κ1) is 16.0. The first-order valence-electron chi connectivity index (χ1n) is 8.22. The highest BCUT2D eigenvalue weighted by Crippen LogP contribution is 2.32. The van der Waals surface area contributed by atoms with Gasteiger partial charge in [0.15, 0.2) is 0 Å². The van der Waals surface area contributed by atoms with E-state index in [9.17, 15) is 9.59 Å². The molecule has 7 heteroatoms. The average Bonchev–Trinajstić information content (AvgIpc) is 2.67. The molecule has 0 unspecified atom stereocenters. The number of aromatic nitrogens is 1. The lowest BCUT2D eigenvalue weighted by Crippen LogP contribution is -2.48. The Morgan fingerprint density at radius 2 is 1.84 bits per heavy atom. The summed E-state index contributed by atoms with van der Waals surface area (Å²) in [7, 11) is 0. The van der Waals surface area contributed by atoms with Crippen molar-refractivity contribution >= 4 is 35.0 Å². The van der Waals surface area contributed by atoms with Crippen LogP contribution in [0.4, 0.5) is 11.4 Å². The fourth-order valence-electron chi connectivity index (χ4n) is 3.12. The Labute approximate surface area is 150 Å². The number of hydrogen-bond acceptors (Lipinski definition) is 5. The molecule has 1 N–H and O–H groups in total. The van der Waals surface area contributed by atoms with Gasteiger partial charge in [-0.3, -0.25) is 14.6 Å². The van der Waals surface area contributed by atoms with Crippen LogP contribution >= 0.6 is 11.8 Å². The van der Waals surface area contributed by atoms with Gasteiger partial charge in [0.05, 0.1) is 11.4 Å². The van der Waals surface area contributed by atoms with Gasteiger partial charge >= 0.3 is 0 Å². The number of amides is 2. The second kappa shape index (κ2) is 6.76. The van der Waals surface area contributed by atoms with Crippen LogP contribution in [0.15, 0.2) is 47.6 Å². The molecular formula is C18H18N4O2S. The van der Waals surface area contributed by atoms with E-state index in [1.54, 1.807) is 18.5 Å². The fraction of sp³-hybridized carbons (Fsp3) is 0.278. The van der Waals surface area contributed by atoms with Gasteiger partial charge in [0.25, 0.3) is 5.91 Å². The van der Waals surface area contributed by atoms with Crippen molar-refractivity contribution in [1.82, 2.24) is 9.88 Å². The molecule has 1 saturated heterocycles. The molecular weight excluding hydrogens is 336 g/mol. The van der Waals surface area contributed by atoms with Crippen LogP contribution in [0.1, 0.15) is 10.4 Å². The number of thioether (sulfide) groups is 1. The van der Waals surface area contributed by atoms with Crippen molar-refractivity contribution in [2.75, 3.05) is 42.1 Å². The molecule has 0 saturated carbocycles. The molecule has 6 nitrogen and oxygen atoms in total. The highest BCUT2D eigenvalue weighted by Gasteiger charge is 2.24. The summed E-state index contributed by atoms with van der Waals surface area (Å²) in [5.74, 6) is 0.423. The van der Waals surface area contributed by atoms with Crippen molar-refractivity contribution in [2.24, 2.45) is 0 Å². The maximum absolute atomic E-state index is 12.8. The summed E-state index contributed by atoms with van der Waals surface area (Å²) in [6, 6.07) is 9.53. The number of benzene rings is 1. The Bertz CT molecular complexity index is 804. The van der Waals surface area contributed by atoms with E-state index in [0.29, 0.717) is 24.4 Å². The maximum Gasteiger partial charge on any atom is 0.254 e. The molecule has 3 heterocycles. The summed E-state index contributed by atoms with van der Waals surface area (Å²) < 4.78 is 0. The summed E-state index contributed by atoms with van der Waals surface area (Å²) >= 11 is 1.50. The summed E-state index contributed by atoms with van der Waals surface area (Å²) in [6.07, 6.45) is 3.57. The second-order valence-corrected chi connectivity index (χ2v) is 7.05. The molecule has 0 spiro atoms. The molecule has 128 valence electrons. The van der Waals surface area contributed by atoms with Crippen molar-refractivity contribution in [3.8, 4) is 0 Å². The Kier molecular flexibility index (Phi) is 4.31. The van der Waals surface area contributed by atoms with Crippen LogP contribution in [0.3, 0.4) is 0 Å². The molecule has 4 rings (SSSR count). The summed E-state index contributed by atoms with van der Waals surface area (Å²) in [4.78, 5) is 33.5. The van der Waals surface area contributed by atoms with Crippen molar-refractivity contribution in [1.29, 1.82) is 0 Å². The van der Waals surface area contributed by atoms with Crippen LogP contribution in [-0.2, 0) is 4.79 Å². The Morgan fingerprint density at radius 3 is 2.60 bits per heavy atom. The highest BCUT2D eigenvalue weighted by molar-refractivity contribution is 8.00. The van der Waals surface area contributed by atoms with E-state index in [4.69, 9.17) is 0 Å². The van der Waals surface area contributed by atoms with E-state index in [1.165, 1.54) is 11.8 Å². The van der Waals surface area contributed by atoms with Gasteiger partial charge in [-0.05, 0) is 30.3 Å². The first-order chi connectivity index (χ1) is 12.2. The fourth-order valence-corrected chi connectivity index (χ4v) is 3.91. The Balaban J connectivity index is 1.44. The summed E-state index contributed by atoms with van der Waals surface area (Å²) in [5, 5.41) is 2.84. The minimum absolute atomic E-state index is 0.0157. The third-order valence-corrected chi connectivity index (χ3v) is 5.53. The Morgan fingerprint density at radius 1 is 1.08 bits per heavy atom. The number of piperazine rings is 1. The first-order valence-corrected chi connectivity index (χ1v) is 9.20. The molecule has 1 aromatic carbocycles. The van der Waals surface area contributed by atoms with Gasteiger partial charge in [-0.1, -0.05) is 0 Å². The molecule has 2 aliphatic heterocycles. The van der Waals surface area contributed by atoms with E-state index in [2.05, 4.69) is 15.2 Å². The van der Waals surface area contributed by atoms with E-state index in [1.807, 2.05) is 29.2 Å². The summed E-state index contributed by atoms with van der Waals surface area (Å²) in [6.45, 7) is 2.96. The van der Waals surface area contributed by atoms with Crippen LogP contribution < -0.4 is 10.2 Å². The molecule has 0 atom stereocenters. The number of nitrogens with one attached hydrogen (secondary N) is 1. The molecule has 2 aliphatic rings. The summed E-state index contributed by atoms with van der Waals surface area (Å²) in [5.41, 5.74) is 2.50. The van der Waals surface area contributed by atoms with Gasteiger partial charge in [-0.25, -0.2) is 0 Å². The van der Waals surface area contributed by atoms with Gasteiger partial charge < -0.3 is 15.1 Å². The van der Waals surface area contributed by atoms with Gasteiger partial charge in [-0.2, -0.15) is 0 Å². The van der Waals surface area contributed by atoms with Crippen LogP contribution in [0, 0.1) is 0 Å². The number of carbonyl (C=O) groups excluding carboxylic acids is 2. The molecule has 0 radical (unpaired) electrons. The van der Waals surface area contributed by atoms with Crippen LogP contribution in [-0.4, -0.2) is 53.6 Å². The zero-order valence-electron chi connectivity index (χ0n) is 13.6. The average molecular weight is 354 g/mol. The molecule has 2 aromatic rings. The third-order valence-electron chi connectivity index (χ3n) is 4.45. The lowest BCUT2D eigenvalue weighted by molar-refractivity contribution is -0.113. The van der Waals surface area contributed by atoms with Crippen LogP contribution in [0.5, 0.6) is 0 Å². The third kappa shape index (κ3) is 3.32. The number of rotatable bonds is 2. The largest absolute Gasteiger partial charge is 0.368 e. The predicted octanol–water partition coefficient (Wildman–Crippen LogP) is 2.09. The van der Waals surface area contributed by atoms with E-state index < -0.39 is 0 Å². The molecule has 1 aromatic heterocycles. The minimum Gasteiger partial charge on any atom is -0.368 e. The SMILES string of the molecule is O=C1CSc2ccc(C(=O)N3CCN(c4ccncc4)CC3)cc2N1. The topological polar surface area (TPSA) is 65.5 Å². The number of hydrogen-bond donors (Lipinski definition) is 1. The van der Waals surface area contributed by atoms with Crippen molar-refractivity contribution in [3.63, 3.8) is 0 Å². The Hall–Kier alpha value is -2.54. The molecule has 0 bridgehead atoms. The van der Waals surface area contributed by atoms with Gasteiger partial charge in [0.1, 0.15) is 0 Å². The lowest BCUT2D eigenvalue weighted by Gasteiger charge is -2.36. The van der Waals surface area contributed by atoms with E-state index >= 15 is 0 Å². The number of nitrogens with zero attached hydrogens (tertiary/aromatic N) is 3. The van der Waals surface area contributed by atoms with Gasteiger partial charge in [0, 0.05) is 54.7 Å². The maximum atomic E-state index is 12.8. The zero-order valence-corrected chi connectivity index (χ0v) is 14.5. The van der Waals surface area contributed by atoms with Crippen molar-refractivity contribution < 1.29 is 9.59 Å². The smallest absolute Gasteiger partial charge is 0.254 e. The number of fused-ring (bicyclic) bond motifs is 1. The minimum atomic E-state index is -0.0203. The van der Waals surface area contributed by atoms with Crippen LogP contribution in [0.25, 0.3) is 0 Å². The standard InChI is InChI=1S/C18H18N4O2S/c23-17-12-25-16-2-1-13(11-15(16)20-17)18(24)22-9-7-21(8-10-22)14-3-5-19-6-4-14/h1-6,11H,7-10,12H2,(H,20,23). The molecule has 1 fully saturated rings. The monoisotopic (exact) mass is 354 g/mol. The zero-order chi connectivity index (χ0) is 17.2. The van der Waals surface area contributed by atoms with Crippen molar-refractivity contribution in [2.45, 2.75) is 4.90 Å². The van der Waals surface area contributed by atoms with Crippen LogP contribution in [0.2, 0.25) is 0 Å². The number of pyridine rings is 1. The molecule has 2 amide bonds. The normalized spacial score (nSPS) is 17.0. The molecule has 25 heavy (non-hydrogen) atoms. The van der Waals surface area contributed by atoms with Gasteiger partial charge in [-0.15, -0.1) is 11.8 Å². The van der Waals surface area contributed by atoms with E-state index in [0.717, 1.165) is 29.4 Å². The molecule has 0 aliphatic carbocycles. The number of anilines is 2. The highest BCUT2D eigenvalue weighted by atomic mass is 32.2. The number of carbonyl (C=O) groups is 2. The lowest BCUT2D eigenvalue weighted by atomic mass is 10.1. The predicted molar refractivity (Wildman–Crippen MR) is 98.1 cm³/mol. The van der Waals surface area contributed by atoms with Crippen molar-refractivity contribution in [3.05, 3.63) is 48.3 Å². The second-order valence-electron chi connectivity index (χ2n) is 6.03.